The molecule has 1 heterocycles. The third-order valence-corrected chi connectivity index (χ3v) is 3.38. The quantitative estimate of drug-likeness (QED) is 0.536. The van der Waals surface area contributed by atoms with E-state index in [-0.39, 0.29) is 17.9 Å². The van der Waals surface area contributed by atoms with Gasteiger partial charge in [0, 0.05) is 23.7 Å². The molecule has 1 aliphatic carbocycles. The molecule has 0 radical (unpaired) electrons. The molecule has 116 valence electrons. The molecule has 8 heteroatoms. The number of hydrogen-bond donors (Lipinski definition) is 1. The molecular formula is C14H11F4N3O. The summed E-state index contributed by atoms with van der Waals surface area (Å²) in [5.74, 6) is -6.23. The highest BCUT2D eigenvalue weighted by molar-refractivity contribution is 5.93. The first-order valence-electron chi connectivity index (χ1n) is 6.61. The Balaban J connectivity index is 1.78. The van der Waals surface area contributed by atoms with Gasteiger partial charge in [-0.1, -0.05) is 0 Å². The summed E-state index contributed by atoms with van der Waals surface area (Å²) in [7, 11) is 0. The van der Waals surface area contributed by atoms with Gasteiger partial charge in [0.25, 0.3) is 0 Å². The maximum absolute atomic E-state index is 13.6. The zero-order valence-electron chi connectivity index (χ0n) is 11.2. The fourth-order valence-corrected chi connectivity index (χ4v) is 2.02. The van der Waals surface area contributed by atoms with Crippen molar-refractivity contribution in [3.63, 3.8) is 0 Å². The van der Waals surface area contributed by atoms with E-state index in [0.29, 0.717) is 5.69 Å². The second-order valence-electron chi connectivity index (χ2n) is 5.14. The van der Waals surface area contributed by atoms with Crippen molar-refractivity contribution in [3.05, 3.63) is 47.3 Å². The van der Waals surface area contributed by atoms with Gasteiger partial charge in [0.2, 0.25) is 5.91 Å². The number of nitrogens with one attached hydrogen (secondary N) is 1. The van der Waals surface area contributed by atoms with Gasteiger partial charge in [-0.25, -0.2) is 17.6 Å². The SMILES string of the molecule is O=C(Nc1cnn(Cc2c(F)cc(F)c(F)c2F)c1)C1CC1. The van der Waals surface area contributed by atoms with Crippen molar-refractivity contribution >= 4 is 11.6 Å². The van der Waals surface area contributed by atoms with Crippen LogP contribution < -0.4 is 5.32 Å². The van der Waals surface area contributed by atoms with Crippen molar-refractivity contribution in [2.45, 2.75) is 19.4 Å². The van der Waals surface area contributed by atoms with E-state index in [1.54, 1.807) is 0 Å². The molecule has 2 aromatic rings. The molecule has 0 bridgehead atoms. The Kier molecular flexibility index (Phi) is 3.59. The second-order valence-corrected chi connectivity index (χ2v) is 5.14. The Morgan fingerprint density at radius 3 is 2.64 bits per heavy atom. The number of benzene rings is 1. The summed E-state index contributed by atoms with van der Waals surface area (Å²) in [4.78, 5) is 11.6. The molecule has 0 atom stereocenters. The van der Waals surface area contributed by atoms with E-state index in [2.05, 4.69) is 10.4 Å². The van der Waals surface area contributed by atoms with Crippen molar-refractivity contribution in [2.24, 2.45) is 5.92 Å². The molecule has 1 amide bonds. The van der Waals surface area contributed by atoms with Gasteiger partial charge in [-0.15, -0.1) is 0 Å². The number of aromatic nitrogens is 2. The number of carbonyl (C=O) groups excluding carboxylic acids is 1. The lowest BCUT2D eigenvalue weighted by molar-refractivity contribution is -0.117. The summed E-state index contributed by atoms with van der Waals surface area (Å²) >= 11 is 0. The third kappa shape index (κ3) is 2.81. The van der Waals surface area contributed by atoms with Gasteiger partial charge >= 0.3 is 0 Å². The molecule has 22 heavy (non-hydrogen) atoms. The standard InChI is InChI=1S/C14H11F4N3O/c15-10-3-11(16)13(18)12(17)9(10)6-21-5-8(4-19-21)20-14(22)7-1-2-7/h3-5,7H,1-2,6H2,(H,20,22). The number of anilines is 1. The fourth-order valence-electron chi connectivity index (χ4n) is 2.02. The molecule has 1 aromatic heterocycles. The summed E-state index contributed by atoms with van der Waals surface area (Å²) in [6, 6.07) is 0.285. The molecule has 0 unspecified atom stereocenters. The van der Waals surface area contributed by atoms with Crippen molar-refractivity contribution in [1.82, 2.24) is 9.78 Å². The summed E-state index contributed by atoms with van der Waals surface area (Å²) in [5.41, 5.74) is -0.262. The van der Waals surface area contributed by atoms with E-state index < -0.39 is 35.4 Å². The number of rotatable bonds is 4. The first-order chi connectivity index (χ1) is 10.5. The lowest BCUT2D eigenvalue weighted by Crippen LogP contribution is -2.12. The molecule has 1 N–H and O–H groups in total. The van der Waals surface area contributed by atoms with Gasteiger partial charge in [-0.05, 0) is 12.8 Å². The maximum Gasteiger partial charge on any atom is 0.227 e. The molecule has 1 aliphatic rings. The Hall–Kier alpha value is -2.38. The summed E-state index contributed by atoms with van der Waals surface area (Å²) < 4.78 is 54.3. The summed E-state index contributed by atoms with van der Waals surface area (Å²) in [6.45, 7) is -0.422. The molecule has 0 spiro atoms. The molecule has 4 nitrogen and oxygen atoms in total. The largest absolute Gasteiger partial charge is 0.323 e. The van der Waals surface area contributed by atoms with Crippen molar-refractivity contribution in [1.29, 1.82) is 0 Å². The monoisotopic (exact) mass is 313 g/mol. The molecule has 0 saturated heterocycles. The minimum atomic E-state index is -1.73. The fraction of sp³-hybridized carbons (Fsp3) is 0.286. The lowest BCUT2D eigenvalue weighted by Gasteiger charge is -2.07. The van der Waals surface area contributed by atoms with Gasteiger partial charge in [0.05, 0.1) is 18.4 Å². The van der Waals surface area contributed by atoms with Crippen LogP contribution in [0.4, 0.5) is 23.2 Å². The predicted octanol–water partition coefficient (Wildman–Crippen LogP) is 2.84. The van der Waals surface area contributed by atoms with Crippen LogP contribution in [0.5, 0.6) is 0 Å². The van der Waals surface area contributed by atoms with Crippen LogP contribution in [-0.4, -0.2) is 15.7 Å². The van der Waals surface area contributed by atoms with Crippen LogP contribution in [0.15, 0.2) is 18.5 Å². The van der Waals surface area contributed by atoms with Crippen molar-refractivity contribution < 1.29 is 22.4 Å². The Morgan fingerprint density at radius 1 is 1.23 bits per heavy atom. The van der Waals surface area contributed by atoms with E-state index in [1.165, 1.54) is 12.4 Å². The second kappa shape index (κ2) is 5.43. The van der Waals surface area contributed by atoms with Gasteiger partial charge in [0.1, 0.15) is 5.82 Å². The van der Waals surface area contributed by atoms with Crippen LogP contribution >= 0.6 is 0 Å². The van der Waals surface area contributed by atoms with Crippen LogP contribution in [0.2, 0.25) is 0 Å². The average molecular weight is 313 g/mol. The van der Waals surface area contributed by atoms with E-state index in [1.807, 2.05) is 0 Å². The molecule has 1 aromatic carbocycles. The maximum atomic E-state index is 13.6. The van der Waals surface area contributed by atoms with Crippen LogP contribution in [-0.2, 0) is 11.3 Å². The highest BCUT2D eigenvalue weighted by Crippen LogP contribution is 2.30. The average Bonchev–Trinajstić information content (AvgIpc) is 3.24. The van der Waals surface area contributed by atoms with Gasteiger partial charge in [-0.3, -0.25) is 9.48 Å². The van der Waals surface area contributed by atoms with E-state index in [9.17, 15) is 22.4 Å². The highest BCUT2D eigenvalue weighted by atomic mass is 19.2. The minimum Gasteiger partial charge on any atom is -0.323 e. The molecule has 1 saturated carbocycles. The lowest BCUT2D eigenvalue weighted by atomic mass is 10.2. The Bertz CT molecular complexity index is 740. The number of nitrogens with zero attached hydrogens (tertiary/aromatic N) is 2. The molecule has 0 aliphatic heterocycles. The zero-order chi connectivity index (χ0) is 15.9. The van der Waals surface area contributed by atoms with Crippen LogP contribution in [0.25, 0.3) is 0 Å². The minimum absolute atomic E-state index is 0.00410. The van der Waals surface area contributed by atoms with Crippen LogP contribution in [0, 0.1) is 29.2 Å². The Labute approximate surface area is 122 Å². The smallest absolute Gasteiger partial charge is 0.227 e. The number of amides is 1. The predicted molar refractivity (Wildman–Crippen MR) is 69.0 cm³/mol. The molecule has 1 fully saturated rings. The van der Waals surface area contributed by atoms with Crippen molar-refractivity contribution in [2.75, 3.05) is 5.32 Å². The topological polar surface area (TPSA) is 46.9 Å². The van der Waals surface area contributed by atoms with Gasteiger partial charge in [0.15, 0.2) is 17.5 Å². The zero-order valence-corrected chi connectivity index (χ0v) is 11.2. The van der Waals surface area contributed by atoms with E-state index >= 15 is 0 Å². The molecule has 3 rings (SSSR count). The van der Waals surface area contributed by atoms with Gasteiger partial charge in [-0.2, -0.15) is 5.10 Å². The number of carbonyl (C=O) groups is 1. The van der Waals surface area contributed by atoms with Crippen LogP contribution in [0.1, 0.15) is 18.4 Å². The number of hydrogen-bond acceptors (Lipinski definition) is 2. The number of halogens is 4. The van der Waals surface area contributed by atoms with Crippen molar-refractivity contribution in [3.8, 4) is 0 Å². The van der Waals surface area contributed by atoms with E-state index in [4.69, 9.17) is 0 Å². The molecular weight excluding hydrogens is 302 g/mol. The normalized spacial score (nSPS) is 14.2. The Morgan fingerprint density at radius 2 is 1.95 bits per heavy atom. The summed E-state index contributed by atoms with van der Waals surface area (Å²) in [5, 5.41) is 6.45. The van der Waals surface area contributed by atoms with Gasteiger partial charge < -0.3 is 5.32 Å². The highest BCUT2D eigenvalue weighted by Gasteiger charge is 2.29. The first kappa shape index (κ1) is 14.6. The summed E-state index contributed by atoms with van der Waals surface area (Å²) in [6.07, 6.45) is 4.35. The third-order valence-electron chi connectivity index (χ3n) is 3.38. The van der Waals surface area contributed by atoms with Crippen LogP contribution in [0.3, 0.4) is 0 Å². The first-order valence-corrected chi connectivity index (χ1v) is 6.61. The van der Waals surface area contributed by atoms with E-state index in [0.717, 1.165) is 17.5 Å².